The lowest BCUT2D eigenvalue weighted by atomic mass is 9.93. The molecule has 0 aromatic rings. The highest BCUT2D eigenvalue weighted by Crippen LogP contribution is 2.22. The van der Waals surface area contributed by atoms with E-state index in [0.717, 1.165) is 0 Å². The van der Waals surface area contributed by atoms with E-state index < -0.39 is 11.6 Å². The number of hydrazine groups is 1. The van der Waals surface area contributed by atoms with Gasteiger partial charge in [-0.2, -0.15) is 5.01 Å². The maximum atomic E-state index is 11.4. The molecule has 1 heterocycles. The Balaban J connectivity index is 2.95. The van der Waals surface area contributed by atoms with Crippen molar-refractivity contribution in [3.8, 4) is 0 Å². The zero-order valence-corrected chi connectivity index (χ0v) is 7.26. The van der Waals surface area contributed by atoms with Gasteiger partial charge in [0.05, 0.1) is 0 Å². The summed E-state index contributed by atoms with van der Waals surface area (Å²) in [7, 11) is 0. The van der Waals surface area contributed by atoms with Crippen molar-refractivity contribution in [3.63, 3.8) is 0 Å². The van der Waals surface area contributed by atoms with Crippen molar-refractivity contribution in [1.29, 1.82) is 0 Å². The summed E-state index contributed by atoms with van der Waals surface area (Å²) in [6.07, 6.45) is 1.14. The standard InChI is InChI=1S/C7H13N3O2/c1-3-7(4-2)5(11)10(8)6(12)9-7/h3-4,8H2,1-2H3,(H,9,12). The van der Waals surface area contributed by atoms with Crippen LogP contribution in [0.2, 0.25) is 0 Å². The Labute approximate surface area is 70.9 Å². The van der Waals surface area contributed by atoms with Crippen molar-refractivity contribution in [2.45, 2.75) is 32.2 Å². The normalized spacial score (nSPS) is 21.4. The van der Waals surface area contributed by atoms with E-state index in [4.69, 9.17) is 5.84 Å². The first-order chi connectivity index (χ1) is 5.57. The summed E-state index contributed by atoms with van der Waals surface area (Å²) in [6, 6.07) is -0.510. The third-order valence-corrected chi connectivity index (χ3v) is 2.40. The third kappa shape index (κ3) is 0.972. The molecule has 0 aliphatic carbocycles. The van der Waals surface area contributed by atoms with Crippen LogP contribution < -0.4 is 11.2 Å². The molecule has 0 spiro atoms. The first kappa shape index (κ1) is 8.99. The molecular weight excluding hydrogens is 158 g/mol. The number of amides is 3. The van der Waals surface area contributed by atoms with Gasteiger partial charge in [-0.1, -0.05) is 13.8 Å². The third-order valence-electron chi connectivity index (χ3n) is 2.40. The second-order valence-electron chi connectivity index (χ2n) is 2.89. The van der Waals surface area contributed by atoms with Crippen LogP contribution >= 0.6 is 0 Å². The molecule has 0 aromatic heterocycles. The van der Waals surface area contributed by atoms with Crippen LogP contribution in [0.15, 0.2) is 0 Å². The van der Waals surface area contributed by atoms with Crippen molar-refractivity contribution in [2.24, 2.45) is 5.84 Å². The lowest BCUT2D eigenvalue weighted by Crippen LogP contribution is -2.46. The number of hydrogen-bond acceptors (Lipinski definition) is 3. The minimum atomic E-state index is -0.758. The highest BCUT2D eigenvalue weighted by molar-refractivity contribution is 6.06. The molecule has 0 aromatic carbocycles. The molecule has 1 aliphatic heterocycles. The van der Waals surface area contributed by atoms with E-state index in [2.05, 4.69) is 5.32 Å². The predicted molar refractivity (Wildman–Crippen MR) is 42.9 cm³/mol. The summed E-state index contributed by atoms with van der Waals surface area (Å²) < 4.78 is 0. The molecule has 68 valence electrons. The lowest BCUT2D eigenvalue weighted by molar-refractivity contribution is -0.131. The molecule has 1 aliphatic rings. The second kappa shape index (κ2) is 2.75. The van der Waals surface area contributed by atoms with E-state index in [1.165, 1.54) is 0 Å². The van der Waals surface area contributed by atoms with Crippen LogP contribution in [0.5, 0.6) is 0 Å². The molecule has 1 rings (SSSR count). The Hall–Kier alpha value is -1.10. The number of carbonyl (C=O) groups is 2. The van der Waals surface area contributed by atoms with Gasteiger partial charge in [0.1, 0.15) is 5.54 Å². The van der Waals surface area contributed by atoms with E-state index in [9.17, 15) is 9.59 Å². The smallest absolute Gasteiger partial charge is 0.322 e. The SMILES string of the molecule is CCC1(CC)NC(=O)N(N)C1=O. The van der Waals surface area contributed by atoms with Gasteiger partial charge in [-0.05, 0) is 12.8 Å². The zero-order chi connectivity index (χ0) is 9.35. The van der Waals surface area contributed by atoms with Crippen LogP contribution in [0, 0.1) is 0 Å². The Morgan fingerprint density at radius 2 is 1.92 bits per heavy atom. The topological polar surface area (TPSA) is 75.4 Å². The zero-order valence-electron chi connectivity index (χ0n) is 7.26. The summed E-state index contributed by atoms with van der Waals surface area (Å²) >= 11 is 0. The molecule has 5 nitrogen and oxygen atoms in total. The molecular formula is C7H13N3O2. The number of carbonyl (C=O) groups excluding carboxylic acids is 2. The van der Waals surface area contributed by atoms with E-state index in [0.29, 0.717) is 17.9 Å². The molecule has 0 bridgehead atoms. The van der Waals surface area contributed by atoms with Crippen LogP contribution in [0.3, 0.4) is 0 Å². The van der Waals surface area contributed by atoms with Gasteiger partial charge >= 0.3 is 6.03 Å². The van der Waals surface area contributed by atoms with Crippen LogP contribution in [-0.2, 0) is 4.79 Å². The lowest BCUT2D eigenvalue weighted by Gasteiger charge is -2.21. The fraction of sp³-hybridized carbons (Fsp3) is 0.714. The van der Waals surface area contributed by atoms with Crippen LogP contribution in [0.1, 0.15) is 26.7 Å². The largest absolute Gasteiger partial charge is 0.339 e. The molecule has 3 amide bonds. The van der Waals surface area contributed by atoms with Crippen LogP contribution in [0.25, 0.3) is 0 Å². The molecule has 0 unspecified atom stereocenters. The predicted octanol–water partition coefficient (Wildman–Crippen LogP) is -0.0293. The van der Waals surface area contributed by atoms with Crippen molar-refractivity contribution < 1.29 is 9.59 Å². The van der Waals surface area contributed by atoms with Crippen LogP contribution in [0.4, 0.5) is 4.79 Å². The molecule has 0 atom stereocenters. The minimum absolute atomic E-state index is 0.336. The van der Waals surface area contributed by atoms with Gasteiger partial charge in [0, 0.05) is 0 Å². The summed E-state index contributed by atoms with van der Waals surface area (Å²) in [6.45, 7) is 3.70. The van der Waals surface area contributed by atoms with Crippen molar-refractivity contribution >= 4 is 11.9 Å². The molecule has 1 saturated heterocycles. The molecule has 0 saturated carbocycles. The summed E-state index contributed by atoms with van der Waals surface area (Å²) in [5, 5.41) is 3.22. The van der Waals surface area contributed by atoms with Crippen molar-refractivity contribution in [2.75, 3.05) is 0 Å². The molecule has 0 radical (unpaired) electrons. The molecule has 12 heavy (non-hydrogen) atoms. The number of hydrogen-bond donors (Lipinski definition) is 2. The minimum Gasteiger partial charge on any atom is -0.322 e. The number of rotatable bonds is 2. The fourth-order valence-electron chi connectivity index (χ4n) is 1.37. The van der Waals surface area contributed by atoms with E-state index in [-0.39, 0.29) is 5.91 Å². The van der Waals surface area contributed by atoms with E-state index >= 15 is 0 Å². The Morgan fingerprint density at radius 3 is 2.08 bits per heavy atom. The Kier molecular flexibility index (Phi) is 2.06. The Morgan fingerprint density at radius 1 is 1.42 bits per heavy atom. The Bertz CT molecular complexity index is 223. The first-order valence-electron chi connectivity index (χ1n) is 3.98. The molecule has 3 N–H and O–H groups in total. The van der Waals surface area contributed by atoms with E-state index in [1.54, 1.807) is 0 Å². The number of nitrogens with zero attached hydrogens (tertiary/aromatic N) is 1. The van der Waals surface area contributed by atoms with Gasteiger partial charge in [-0.25, -0.2) is 10.6 Å². The monoisotopic (exact) mass is 171 g/mol. The number of nitrogens with one attached hydrogen (secondary N) is 1. The first-order valence-corrected chi connectivity index (χ1v) is 3.98. The second-order valence-corrected chi connectivity index (χ2v) is 2.89. The molecule has 5 heteroatoms. The summed E-state index contributed by atoms with van der Waals surface area (Å²) in [4.78, 5) is 22.4. The van der Waals surface area contributed by atoms with Crippen LogP contribution in [-0.4, -0.2) is 22.5 Å². The highest BCUT2D eigenvalue weighted by atomic mass is 16.2. The van der Waals surface area contributed by atoms with Gasteiger partial charge < -0.3 is 5.32 Å². The number of urea groups is 1. The van der Waals surface area contributed by atoms with Gasteiger partial charge in [-0.3, -0.25) is 4.79 Å². The number of imide groups is 1. The van der Waals surface area contributed by atoms with Gasteiger partial charge in [-0.15, -0.1) is 0 Å². The van der Waals surface area contributed by atoms with Gasteiger partial charge in [0.2, 0.25) is 0 Å². The summed E-state index contributed by atoms with van der Waals surface area (Å²) in [5.41, 5.74) is -0.758. The fourth-order valence-corrected chi connectivity index (χ4v) is 1.37. The highest BCUT2D eigenvalue weighted by Gasteiger charge is 2.47. The number of nitrogens with two attached hydrogens (primary N) is 1. The van der Waals surface area contributed by atoms with E-state index in [1.807, 2.05) is 13.8 Å². The maximum absolute atomic E-state index is 11.4. The van der Waals surface area contributed by atoms with Crippen molar-refractivity contribution in [3.05, 3.63) is 0 Å². The van der Waals surface area contributed by atoms with Gasteiger partial charge in [0.15, 0.2) is 0 Å². The molecule has 1 fully saturated rings. The average molecular weight is 171 g/mol. The summed E-state index contributed by atoms with van der Waals surface area (Å²) in [5.74, 6) is 4.88. The van der Waals surface area contributed by atoms with Gasteiger partial charge in [0.25, 0.3) is 5.91 Å². The quantitative estimate of drug-likeness (QED) is 0.348. The van der Waals surface area contributed by atoms with Crippen molar-refractivity contribution in [1.82, 2.24) is 10.3 Å². The average Bonchev–Trinajstić information content (AvgIpc) is 2.30. The maximum Gasteiger partial charge on any atom is 0.339 e.